The number of rotatable bonds is 1. The van der Waals surface area contributed by atoms with Crippen LogP contribution in [0.5, 0.6) is 0 Å². The lowest BCUT2D eigenvalue weighted by atomic mass is 10.1. The predicted octanol–water partition coefficient (Wildman–Crippen LogP) is 1.72. The topological polar surface area (TPSA) is 34.5 Å². The molecule has 2 rings (SSSR count). The third kappa shape index (κ3) is 2.69. The maximum atomic E-state index is 12.2. The molecule has 1 saturated heterocycles. The molecule has 1 fully saturated rings. The average molecular weight is 236 g/mol. The van der Waals surface area contributed by atoms with Gasteiger partial charge in [0.1, 0.15) is 0 Å². The van der Waals surface area contributed by atoms with Gasteiger partial charge in [-0.3, -0.25) is 4.79 Å². The van der Waals surface area contributed by atoms with Crippen molar-refractivity contribution in [3.8, 4) is 0 Å². The fraction of sp³-hybridized carbons (Fsp3) is 0.615. The van der Waals surface area contributed by atoms with E-state index in [9.17, 15) is 4.79 Å². The van der Waals surface area contributed by atoms with E-state index in [1.165, 1.54) is 0 Å². The van der Waals surface area contributed by atoms with Crippen molar-refractivity contribution in [1.82, 2.24) is 9.47 Å². The van der Waals surface area contributed by atoms with Crippen LogP contribution in [0.4, 0.5) is 0 Å². The van der Waals surface area contributed by atoms with E-state index in [-0.39, 0.29) is 11.4 Å². The standard InChI is InChI=1S/C13H20N2O2/c1-13(2,3)15-5-4-11(10-15)12(16)14-6-8-17-9-7-14/h4-5,10H,6-9H2,1-3H3. The number of hydrogen-bond acceptors (Lipinski definition) is 2. The SMILES string of the molecule is CC(C)(C)n1ccc(C(=O)N2CCOCC2)c1. The number of amides is 1. The summed E-state index contributed by atoms with van der Waals surface area (Å²) in [6.07, 6.45) is 3.89. The minimum Gasteiger partial charge on any atom is -0.378 e. The Labute approximate surface area is 102 Å². The molecule has 0 saturated carbocycles. The lowest BCUT2D eigenvalue weighted by Gasteiger charge is -2.26. The first kappa shape index (κ1) is 12.2. The first-order valence-corrected chi connectivity index (χ1v) is 6.04. The molecule has 0 atom stereocenters. The Bertz CT molecular complexity index is 398. The molecule has 1 aromatic rings. The van der Waals surface area contributed by atoms with Gasteiger partial charge in [-0.2, -0.15) is 0 Å². The second kappa shape index (κ2) is 4.53. The van der Waals surface area contributed by atoms with Crippen LogP contribution in [0.25, 0.3) is 0 Å². The number of carbonyl (C=O) groups is 1. The summed E-state index contributed by atoms with van der Waals surface area (Å²) in [6, 6.07) is 1.89. The minimum atomic E-state index is 0.0174. The summed E-state index contributed by atoms with van der Waals surface area (Å²) >= 11 is 0. The Balaban J connectivity index is 2.11. The summed E-state index contributed by atoms with van der Waals surface area (Å²) in [7, 11) is 0. The van der Waals surface area contributed by atoms with E-state index in [4.69, 9.17) is 4.74 Å². The highest BCUT2D eigenvalue weighted by molar-refractivity contribution is 5.94. The van der Waals surface area contributed by atoms with Crippen LogP contribution in [-0.2, 0) is 10.3 Å². The van der Waals surface area contributed by atoms with E-state index >= 15 is 0 Å². The van der Waals surface area contributed by atoms with Crippen molar-refractivity contribution in [2.45, 2.75) is 26.3 Å². The van der Waals surface area contributed by atoms with Crippen LogP contribution in [0, 0.1) is 0 Å². The lowest BCUT2D eigenvalue weighted by Crippen LogP contribution is -2.40. The van der Waals surface area contributed by atoms with E-state index in [0.717, 1.165) is 5.56 Å². The second-order valence-corrected chi connectivity index (χ2v) is 5.38. The zero-order chi connectivity index (χ0) is 12.5. The fourth-order valence-corrected chi connectivity index (χ4v) is 1.89. The van der Waals surface area contributed by atoms with E-state index in [0.29, 0.717) is 26.3 Å². The summed E-state index contributed by atoms with van der Waals surface area (Å²) in [6.45, 7) is 9.04. The summed E-state index contributed by atoms with van der Waals surface area (Å²) in [5.41, 5.74) is 0.783. The van der Waals surface area contributed by atoms with Gasteiger partial charge in [0.15, 0.2) is 0 Å². The molecule has 94 valence electrons. The highest BCUT2D eigenvalue weighted by atomic mass is 16.5. The Hall–Kier alpha value is -1.29. The molecule has 4 nitrogen and oxygen atoms in total. The quantitative estimate of drug-likeness (QED) is 0.744. The maximum absolute atomic E-state index is 12.2. The van der Waals surface area contributed by atoms with Crippen molar-refractivity contribution in [1.29, 1.82) is 0 Å². The molecule has 0 aromatic carbocycles. The molecule has 0 radical (unpaired) electrons. The number of carbonyl (C=O) groups excluding carboxylic acids is 1. The van der Waals surface area contributed by atoms with Gasteiger partial charge in [-0.25, -0.2) is 0 Å². The van der Waals surface area contributed by atoms with Gasteiger partial charge in [0, 0.05) is 31.0 Å². The van der Waals surface area contributed by atoms with Crippen LogP contribution in [0.1, 0.15) is 31.1 Å². The summed E-state index contributed by atoms with van der Waals surface area (Å²) in [4.78, 5) is 14.1. The number of nitrogens with zero attached hydrogens (tertiary/aromatic N) is 2. The molecular formula is C13H20N2O2. The predicted molar refractivity (Wildman–Crippen MR) is 66.2 cm³/mol. The van der Waals surface area contributed by atoms with E-state index in [2.05, 4.69) is 25.3 Å². The summed E-state index contributed by atoms with van der Waals surface area (Å²) in [5.74, 6) is 0.108. The summed E-state index contributed by atoms with van der Waals surface area (Å²) < 4.78 is 7.32. The number of ether oxygens (including phenoxy) is 1. The van der Waals surface area contributed by atoms with Crippen molar-refractivity contribution in [2.75, 3.05) is 26.3 Å². The van der Waals surface area contributed by atoms with Crippen LogP contribution in [-0.4, -0.2) is 41.7 Å². The normalized spacial score (nSPS) is 17.2. The van der Waals surface area contributed by atoms with Crippen molar-refractivity contribution < 1.29 is 9.53 Å². The smallest absolute Gasteiger partial charge is 0.255 e. The summed E-state index contributed by atoms with van der Waals surface area (Å²) in [5, 5.41) is 0. The first-order valence-electron chi connectivity index (χ1n) is 6.04. The van der Waals surface area contributed by atoms with Crippen LogP contribution in [0.2, 0.25) is 0 Å². The fourth-order valence-electron chi connectivity index (χ4n) is 1.89. The average Bonchev–Trinajstić information content (AvgIpc) is 2.78. The van der Waals surface area contributed by atoms with E-state index < -0.39 is 0 Å². The molecule has 1 aliphatic heterocycles. The lowest BCUT2D eigenvalue weighted by molar-refractivity contribution is 0.0303. The Morgan fingerprint density at radius 3 is 2.47 bits per heavy atom. The largest absolute Gasteiger partial charge is 0.378 e. The van der Waals surface area contributed by atoms with Crippen LogP contribution in [0.15, 0.2) is 18.5 Å². The molecule has 2 heterocycles. The number of aromatic nitrogens is 1. The number of hydrogen-bond donors (Lipinski definition) is 0. The molecule has 17 heavy (non-hydrogen) atoms. The minimum absolute atomic E-state index is 0.0174. The molecule has 0 unspecified atom stereocenters. The van der Waals surface area contributed by atoms with Crippen molar-refractivity contribution in [3.05, 3.63) is 24.0 Å². The highest BCUT2D eigenvalue weighted by Gasteiger charge is 2.21. The van der Waals surface area contributed by atoms with Crippen molar-refractivity contribution in [3.63, 3.8) is 0 Å². The molecular weight excluding hydrogens is 216 g/mol. The molecule has 1 aromatic heterocycles. The zero-order valence-corrected chi connectivity index (χ0v) is 10.8. The Kier molecular flexibility index (Phi) is 3.24. The highest BCUT2D eigenvalue weighted by Crippen LogP contribution is 2.17. The zero-order valence-electron chi connectivity index (χ0n) is 10.8. The van der Waals surface area contributed by atoms with Crippen molar-refractivity contribution >= 4 is 5.91 Å². The molecule has 1 amide bonds. The Morgan fingerprint density at radius 2 is 1.94 bits per heavy atom. The van der Waals surface area contributed by atoms with Gasteiger partial charge in [0.05, 0.1) is 18.8 Å². The molecule has 1 aliphatic rings. The molecule has 0 spiro atoms. The van der Waals surface area contributed by atoms with Gasteiger partial charge in [-0.15, -0.1) is 0 Å². The molecule has 4 heteroatoms. The van der Waals surface area contributed by atoms with Crippen LogP contribution < -0.4 is 0 Å². The van der Waals surface area contributed by atoms with Gasteiger partial charge in [0.25, 0.3) is 5.91 Å². The molecule has 0 N–H and O–H groups in total. The van der Waals surface area contributed by atoms with Crippen LogP contribution in [0.3, 0.4) is 0 Å². The van der Waals surface area contributed by atoms with E-state index in [1.54, 1.807) is 0 Å². The third-order valence-electron chi connectivity index (χ3n) is 3.01. The second-order valence-electron chi connectivity index (χ2n) is 5.38. The van der Waals surface area contributed by atoms with E-state index in [1.807, 2.05) is 23.4 Å². The van der Waals surface area contributed by atoms with Crippen molar-refractivity contribution in [2.24, 2.45) is 0 Å². The Morgan fingerprint density at radius 1 is 1.29 bits per heavy atom. The molecule has 0 bridgehead atoms. The van der Waals surface area contributed by atoms with Gasteiger partial charge < -0.3 is 14.2 Å². The first-order chi connectivity index (χ1) is 7.98. The van der Waals surface area contributed by atoms with Gasteiger partial charge in [-0.1, -0.05) is 0 Å². The maximum Gasteiger partial charge on any atom is 0.255 e. The van der Waals surface area contributed by atoms with Gasteiger partial charge >= 0.3 is 0 Å². The monoisotopic (exact) mass is 236 g/mol. The third-order valence-corrected chi connectivity index (χ3v) is 3.01. The molecule has 0 aliphatic carbocycles. The van der Waals surface area contributed by atoms with Gasteiger partial charge in [0.2, 0.25) is 0 Å². The number of morpholine rings is 1. The van der Waals surface area contributed by atoms with Crippen LogP contribution >= 0.6 is 0 Å². The van der Waals surface area contributed by atoms with Gasteiger partial charge in [-0.05, 0) is 26.8 Å².